The van der Waals surface area contributed by atoms with Crippen LogP contribution in [0.15, 0.2) is 59.1 Å². The molecule has 156 valence electrons. The third-order valence-electron chi connectivity index (χ3n) is 4.73. The molecular weight excluding hydrogens is 436 g/mol. The Balaban J connectivity index is 0.000000438. The number of hydrogen-bond acceptors (Lipinski definition) is 4. The summed E-state index contributed by atoms with van der Waals surface area (Å²) in [5.74, 6) is -3.65. The summed E-state index contributed by atoms with van der Waals surface area (Å²) in [6.45, 7) is 7.04. The van der Waals surface area contributed by atoms with Crippen molar-refractivity contribution in [3.63, 3.8) is 0 Å². The SMILES string of the molecule is Brc1cccc(CN2CCN(CCCc3ccccc3)CC2)c1.O=C(O)C(=O)O. The minimum atomic E-state index is -1.82. The number of aryl methyl sites for hydroxylation is 1. The second kappa shape index (κ2) is 12.4. The Morgan fingerprint density at radius 3 is 2.00 bits per heavy atom. The Bertz CT molecular complexity index is 765. The lowest BCUT2D eigenvalue weighted by Crippen LogP contribution is -2.46. The number of nitrogens with zero attached hydrogens (tertiary/aromatic N) is 2. The highest BCUT2D eigenvalue weighted by Crippen LogP contribution is 2.15. The molecule has 0 radical (unpaired) electrons. The Morgan fingerprint density at radius 1 is 0.828 bits per heavy atom. The van der Waals surface area contributed by atoms with E-state index < -0.39 is 11.9 Å². The van der Waals surface area contributed by atoms with Crippen molar-refractivity contribution in [2.75, 3.05) is 32.7 Å². The van der Waals surface area contributed by atoms with Gasteiger partial charge in [0.1, 0.15) is 0 Å². The number of hydrogen-bond donors (Lipinski definition) is 2. The molecule has 3 rings (SSSR count). The van der Waals surface area contributed by atoms with Gasteiger partial charge in [-0.3, -0.25) is 4.90 Å². The van der Waals surface area contributed by atoms with Gasteiger partial charge in [-0.15, -0.1) is 0 Å². The number of halogens is 1. The molecule has 6 nitrogen and oxygen atoms in total. The number of carboxylic acids is 2. The maximum absolute atomic E-state index is 9.10. The third-order valence-corrected chi connectivity index (χ3v) is 5.22. The molecule has 0 unspecified atom stereocenters. The molecule has 1 saturated heterocycles. The van der Waals surface area contributed by atoms with Gasteiger partial charge in [0.05, 0.1) is 0 Å². The van der Waals surface area contributed by atoms with E-state index in [0.717, 1.165) is 6.54 Å². The van der Waals surface area contributed by atoms with Crippen LogP contribution in [-0.2, 0) is 22.6 Å². The number of benzene rings is 2. The second-order valence-electron chi connectivity index (χ2n) is 6.95. The molecule has 29 heavy (non-hydrogen) atoms. The number of carbonyl (C=O) groups is 2. The average Bonchev–Trinajstić information content (AvgIpc) is 2.71. The van der Waals surface area contributed by atoms with Gasteiger partial charge in [-0.1, -0.05) is 58.4 Å². The van der Waals surface area contributed by atoms with E-state index in [9.17, 15) is 0 Å². The molecule has 2 N–H and O–H groups in total. The van der Waals surface area contributed by atoms with E-state index in [2.05, 4.69) is 80.3 Å². The van der Waals surface area contributed by atoms with Gasteiger partial charge in [-0.2, -0.15) is 0 Å². The second-order valence-corrected chi connectivity index (χ2v) is 7.86. The predicted octanol–water partition coefficient (Wildman–Crippen LogP) is 3.36. The summed E-state index contributed by atoms with van der Waals surface area (Å²) in [7, 11) is 0. The largest absolute Gasteiger partial charge is 0.473 e. The number of aliphatic carboxylic acids is 2. The molecule has 0 aromatic heterocycles. The molecule has 2 aromatic rings. The summed E-state index contributed by atoms with van der Waals surface area (Å²) in [6, 6.07) is 19.5. The van der Waals surface area contributed by atoms with Gasteiger partial charge in [0, 0.05) is 37.2 Å². The maximum Gasteiger partial charge on any atom is 0.414 e. The van der Waals surface area contributed by atoms with Crippen LogP contribution < -0.4 is 0 Å². The van der Waals surface area contributed by atoms with Gasteiger partial charge >= 0.3 is 11.9 Å². The lowest BCUT2D eigenvalue weighted by atomic mass is 10.1. The van der Waals surface area contributed by atoms with Crippen LogP contribution in [0.3, 0.4) is 0 Å². The highest BCUT2D eigenvalue weighted by Gasteiger charge is 2.16. The Kier molecular flexibility index (Phi) is 9.83. The fraction of sp³-hybridized carbons (Fsp3) is 0.364. The van der Waals surface area contributed by atoms with E-state index in [4.69, 9.17) is 19.8 Å². The molecule has 0 aliphatic carbocycles. The molecule has 0 amide bonds. The molecule has 1 heterocycles. The molecule has 1 fully saturated rings. The number of carboxylic acid groups (broad SMARTS) is 2. The third kappa shape index (κ3) is 9.21. The summed E-state index contributed by atoms with van der Waals surface area (Å²) < 4.78 is 1.18. The maximum atomic E-state index is 9.10. The zero-order valence-electron chi connectivity index (χ0n) is 16.3. The first-order valence-electron chi connectivity index (χ1n) is 9.63. The Morgan fingerprint density at radius 2 is 1.41 bits per heavy atom. The zero-order valence-corrected chi connectivity index (χ0v) is 17.9. The molecule has 1 aliphatic heterocycles. The van der Waals surface area contributed by atoms with Crippen LogP contribution in [0, 0.1) is 0 Å². The predicted molar refractivity (Wildman–Crippen MR) is 116 cm³/mol. The summed E-state index contributed by atoms with van der Waals surface area (Å²) in [6.07, 6.45) is 2.45. The van der Waals surface area contributed by atoms with Crippen LogP contribution in [0.2, 0.25) is 0 Å². The van der Waals surface area contributed by atoms with Crippen molar-refractivity contribution in [3.05, 3.63) is 70.2 Å². The van der Waals surface area contributed by atoms with Gasteiger partial charge < -0.3 is 15.1 Å². The smallest absolute Gasteiger partial charge is 0.414 e. The molecule has 1 aliphatic rings. The summed E-state index contributed by atoms with van der Waals surface area (Å²) in [5.41, 5.74) is 2.86. The monoisotopic (exact) mass is 462 g/mol. The number of piperazine rings is 1. The Labute approximate surface area is 179 Å². The van der Waals surface area contributed by atoms with E-state index in [-0.39, 0.29) is 0 Å². The van der Waals surface area contributed by atoms with Gasteiger partial charge in [0.15, 0.2) is 0 Å². The van der Waals surface area contributed by atoms with Crippen molar-refractivity contribution in [2.45, 2.75) is 19.4 Å². The van der Waals surface area contributed by atoms with E-state index >= 15 is 0 Å². The Hall–Kier alpha value is -2.22. The summed E-state index contributed by atoms with van der Waals surface area (Å²) in [4.78, 5) is 23.4. The molecule has 0 spiro atoms. The summed E-state index contributed by atoms with van der Waals surface area (Å²) >= 11 is 3.56. The standard InChI is InChI=1S/C20H25BrN2.C2H2O4/c21-20-10-4-8-19(16-20)17-23-14-12-22(13-15-23)11-5-9-18-6-2-1-3-7-18;3-1(4)2(5)6/h1-4,6-8,10,16H,5,9,11-15,17H2;(H,3,4)(H,5,6). The van der Waals surface area contributed by atoms with E-state index in [1.54, 1.807) is 0 Å². The van der Waals surface area contributed by atoms with E-state index in [1.165, 1.54) is 61.2 Å². The first-order valence-corrected chi connectivity index (χ1v) is 10.4. The average molecular weight is 463 g/mol. The van der Waals surface area contributed by atoms with Gasteiger partial charge in [-0.05, 0) is 42.6 Å². The van der Waals surface area contributed by atoms with Crippen LogP contribution in [0.25, 0.3) is 0 Å². The minimum Gasteiger partial charge on any atom is -0.473 e. The summed E-state index contributed by atoms with van der Waals surface area (Å²) in [5, 5.41) is 14.8. The fourth-order valence-corrected chi connectivity index (χ4v) is 3.66. The lowest BCUT2D eigenvalue weighted by Gasteiger charge is -2.34. The van der Waals surface area contributed by atoms with Crippen molar-refractivity contribution in [1.29, 1.82) is 0 Å². The van der Waals surface area contributed by atoms with Crippen LogP contribution >= 0.6 is 15.9 Å². The number of rotatable bonds is 6. The normalized spacial score (nSPS) is 14.7. The topological polar surface area (TPSA) is 81.1 Å². The van der Waals surface area contributed by atoms with E-state index in [0.29, 0.717) is 0 Å². The van der Waals surface area contributed by atoms with Crippen molar-refractivity contribution in [3.8, 4) is 0 Å². The molecule has 2 aromatic carbocycles. The minimum absolute atomic E-state index is 1.07. The van der Waals surface area contributed by atoms with Crippen molar-refractivity contribution < 1.29 is 19.8 Å². The van der Waals surface area contributed by atoms with Gasteiger partial charge in [-0.25, -0.2) is 9.59 Å². The molecule has 0 atom stereocenters. The zero-order chi connectivity index (χ0) is 21.1. The molecule has 7 heteroatoms. The molecule has 0 saturated carbocycles. The van der Waals surface area contributed by atoms with Crippen molar-refractivity contribution >= 4 is 27.9 Å². The van der Waals surface area contributed by atoms with Gasteiger partial charge in [0.25, 0.3) is 0 Å². The molecule has 0 bridgehead atoms. The van der Waals surface area contributed by atoms with Crippen molar-refractivity contribution in [1.82, 2.24) is 9.80 Å². The van der Waals surface area contributed by atoms with Crippen LogP contribution in [0.5, 0.6) is 0 Å². The lowest BCUT2D eigenvalue weighted by molar-refractivity contribution is -0.159. The van der Waals surface area contributed by atoms with Crippen LogP contribution in [-0.4, -0.2) is 64.7 Å². The first-order chi connectivity index (χ1) is 13.9. The quantitative estimate of drug-likeness (QED) is 0.640. The highest BCUT2D eigenvalue weighted by molar-refractivity contribution is 9.10. The van der Waals surface area contributed by atoms with Crippen LogP contribution in [0.1, 0.15) is 17.5 Å². The first kappa shape index (κ1) is 23.1. The fourth-order valence-electron chi connectivity index (χ4n) is 3.22. The van der Waals surface area contributed by atoms with Crippen molar-refractivity contribution in [2.24, 2.45) is 0 Å². The van der Waals surface area contributed by atoms with Crippen LogP contribution in [0.4, 0.5) is 0 Å². The van der Waals surface area contributed by atoms with Gasteiger partial charge in [0.2, 0.25) is 0 Å². The molecular formula is C22H27BrN2O4. The highest BCUT2D eigenvalue weighted by atomic mass is 79.9. The van der Waals surface area contributed by atoms with E-state index in [1.807, 2.05) is 0 Å².